The number of hydrogen-bond acceptors (Lipinski definition) is 1. The van der Waals surface area contributed by atoms with E-state index in [9.17, 15) is 8.78 Å². The molecule has 0 N–H and O–H groups in total. The molecule has 0 fully saturated rings. The Kier molecular flexibility index (Phi) is 6.72. The Morgan fingerprint density at radius 1 is 1.14 bits per heavy atom. The zero-order valence-electron chi connectivity index (χ0n) is 8.81. The third-order valence-electron chi connectivity index (χ3n) is 1.37. The summed E-state index contributed by atoms with van der Waals surface area (Å²) >= 11 is 0. The molecule has 1 aromatic carbocycles. The Morgan fingerprint density at radius 3 is 2.07 bits per heavy atom. The zero-order valence-corrected chi connectivity index (χ0v) is 8.81. The van der Waals surface area contributed by atoms with Crippen LogP contribution in [0, 0.1) is 11.6 Å². The van der Waals surface area contributed by atoms with Crippen LogP contribution in [0.3, 0.4) is 0 Å². The molecular formula is C11H16F2O. The van der Waals surface area contributed by atoms with E-state index in [0.717, 1.165) is 6.42 Å². The van der Waals surface area contributed by atoms with Crippen molar-refractivity contribution in [2.45, 2.75) is 27.2 Å². The quantitative estimate of drug-likeness (QED) is 0.724. The minimum absolute atomic E-state index is 0.278. The van der Waals surface area contributed by atoms with Gasteiger partial charge in [-0.25, -0.2) is 8.78 Å². The van der Waals surface area contributed by atoms with Crippen LogP contribution >= 0.6 is 0 Å². The van der Waals surface area contributed by atoms with Gasteiger partial charge in [-0.2, -0.15) is 0 Å². The lowest BCUT2D eigenvalue weighted by Crippen LogP contribution is -1.99. The molecule has 0 atom stereocenters. The molecule has 3 heteroatoms. The molecule has 14 heavy (non-hydrogen) atoms. The lowest BCUT2D eigenvalue weighted by molar-refractivity contribution is 0.285. The van der Waals surface area contributed by atoms with Crippen LogP contribution in [0.15, 0.2) is 18.2 Å². The molecule has 0 saturated carbocycles. The summed E-state index contributed by atoms with van der Waals surface area (Å²) in [5.41, 5.74) is 0. The number of benzene rings is 1. The van der Waals surface area contributed by atoms with Crippen LogP contribution in [0.5, 0.6) is 5.75 Å². The summed E-state index contributed by atoms with van der Waals surface area (Å²) in [6.45, 7) is 6.20. The summed E-state index contributed by atoms with van der Waals surface area (Å²) < 4.78 is 30.5. The van der Waals surface area contributed by atoms with Gasteiger partial charge >= 0.3 is 0 Å². The zero-order chi connectivity index (χ0) is 11.0. The second-order valence-corrected chi connectivity index (χ2v) is 2.40. The van der Waals surface area contributed by atoms with Gasteiger partial charge in [0.1, 0.15) is 0 Å². The Balaban J connectivity index is 0.000000791. The fourth-order valence-corrected chi connectivity index (χ4v) is 0.825. The molecule has 0 heterocycles. The highest BCUT2D eigenvalue weighted by atomic mass is 19.1. The van der Waals surface area contributed by atoms with Crippen molar-refractivity contribution in [2.24, 2.45) is 0 Å². The van der Waals surface area contributed by atoms with Crippen molar-refractivity contribution >= 4 is 0 Å². The first-order chi connectivity index (χ1) is 6.75. The van der Waals surface area contributed by atoms with Crippen LogP contribution < -0.4 is 4.74 Å². The molecule has 1 nitrogen and oxygen atoms in total. The Bertz CT molecular complexity index is 241. The van der Waals surface area contributed by atoms with E-state index in [0.29, 0.717) is 6.61 Å². The maximum absolute atomic E-state index is 12.8. The Morgan fingerprint density at radius 2 is 1.64 bits per heavy atom. The summed E-state index contributed by atoms with van der Waals surface area (Å²) in [4.78, 5) is 0. The van der Waals surface area contributed by atoms with Crippen molar-refractivity contribution < 1.29 is 13.5 Å². The average molecular weight is 202 g/mol. The van der Waals surface area contributed by atoms with E-state index in [2.05, 4.69) is 0 Å². The molecule has 0 radical (unpaired) electrons. The third-order valence-corrected chi connectivity index (χ3v) is 1.37. The van der Waals surface area contributed by atoms with Gasteiger partial charge in [0.25, 0.3) is 0 Å². The molecule has 0 spiro atoms. The second kappa shape index (κ2) is 7.30. The molecule has 0 aliphatic carbocycles. The van der Waals surface area contributed by atoms with Gasteiger partial charge in [0.2, 0.25) is 0 Å². The van der Waals surface area contributed by atoms with E-state index in [1.807, 2.05) is 20.8 Å². The van der Waals surface area contributed by atoms with Gasteiger partial charge in [-0.05, 0) is 18.6 Å². The summed E-state index contributed by atoms with van der Waals surface area (Å²) in [7, 11) is 0. The van der Waals surface area contributed by atoms with Crippen molar-refractivity contribution in [3.8, 4) is 5.75 Å². The molecule has 0 aliphatic rings. The highest BCUT2D eigenvalue weighted by Crippen LogP contribution is 2.20. The standard InChI is InChI=1S/C9H10F2O.C2H6/c1-2-6-12-9-7(10)4-3-5-8(9)11;1-2/h3-5H,2,6H2,1H3;1-2H3. The second-order valence-electron chi connectivity index (χ2n) is 2.40. The van der Waals surface area contributed by atoms with E-state index in [1.165, 1.54) is 18.2 Å². The summed E-state index contributed by atoms with van der Waals surface area (Å²) in [6.07, 6.45) is 0.730. The van der Waals surface area contributed by atoms with Gasteiger partial charge in [-0.3, -0.25) is 0 Å². The number of rotatable bonds is 3. The fourth-order valence-electron chi connectivity index (χ4n) is 0.825. The molecule has 0 aliphatic heterocycles. The summed E-state index contributed by atoms with van der Waals surface area (Å²) in [5, 5.41) is 0. The lowest BCUT2D eigenvalue weighted by atomic mass is 10.3. The van der Waals surface area contributed by atoms with E-state index in [-0.39, 0.29) is 5.75 Å². The summed E-state index contributed by atoms with van der Waals surface area (Å²) in [6, 6.07) is 3.66. The number of para-hydroxylation sites is 1. The van der Waals surface area contributed by atoms with E-state index >= 15 is 0 Å². The van der Waals surface area contributed by atoms with Gasteiger partial charge in [0.15, 0.2) is 17.4 Å². The van der Waals surface area contributed by atoms with Gasteiger partial charge < -0.3 is 4.74 Å². The number of halogens is 2. The van der Waals surface area contributed by atoms with Crippen LogP contribution in [0.4, 0.5) is 8.78 Å². The smallest absolute Gasteiger partial charge is 0.190 e. The molecule has 1 aromatic rings. The van der Waals surface area contributed by atoms with Crippen molar-refractivity contribution in [1.82, 2.24) is 0 Å². The lowest BCUT2D eigenvalue weighted by Gasteiger charge is -2.05. The van der Waals surface area contributed by atoms with Crippen LogP contribution in [0.25, 0.3) is 0 Å². The SMILES string of the molecule is CC.CCCOc1c(F)cccc1F. The maximum atomic E-state index is 12.8. The van der Waals surface area contributed by atoms with Crippen molar-refractivity contribution in [3.63, 3.8) is 0 Å². The van der Waals surface area contributed by atoms with Crippen LogP contribution in [-0.2, 0) is 0 Å². The molecule has 0 aromatic heterocycles. The molecule has 80 valence electrons. The normalized spacial score (nSPS) is 8.93. The van der Waals surface area contributed by atoms with Crippen LogP contribution in [-0.4, -0.2) is 6.61 Å². The Hall–Kier alpha value is -1.12. The van der Waals surface area contributed by atoms with Gasteiger partial charge in [0.05, 0.1) is 6.61 Å². The molecular weight excluding hydrogens is 186 g/mol. The molecule has 0 unspecified atom stereocenters. The molecule has 1 rings (SSSR count). The first-order valence-electron chi connectivity index (χ1n) is 4.82. The third kappa shape index (κ3) is 3.73. The Labute approximate surface area is 83.7 Å². The van der Waals surface area contributed by atoms with Crippen LogP contribution in [0.2, 0.25) is 0 Å². The van der Waals surface area contributed by atoms with Gasteiger partial charge in [-0.1, -0.05) is 26.8 Å². The number of ether oxygens (including phenoxy) is 1. The molecule has 0 saturated heterocycles. The first-order valence-corrected chi connectivity index (χ1v) is 4.82. The van der Waals surface area contributed by atoms with Gasteiger partial charge in [0, 0.05) is 0 Å². The van der Waals surface area contributed by atoms with Crippen molar-refractivity contribution in [3.05, 3.63) is 29.8 Å². The predicted octanol–water partition coefficient (Wildman–Crippen LogP) is 3.78. The first kappa shape index (κ1) is 12.9. The van der Waals surface area contributed by atoms with E-state index in [1.54, 1.807) is 0 Å². The average Bonchev–Trinajstić information content (AvgIpc) is 2.20. The van der Waals surface area contributed by atoms with E-state index in [4.69, 9.17) is 4.74 Å². The predicted molar refractivity (Wildman–Crippen MR) is 53.5 cm³/mol. The molecule has 0 bridgehead atoms. The van der Waals surface area contributed by atoms with Crippen molar-refractivity contribution in [2.75, 3.05) is 6.61 Å². The topological polar surface area (TPSA) is 9.23 Å². The van der Waals surface area contributed by atoms with Crippen molar-refractivity contribution in [1.29, 1.82) is 0 Å². The highest BCUT2D eigenvalue weighted by molar-refractivity contribution is 5.25. The van der Waals surface area contributed by atoms with E-state index < -0.39 is 11.6 Å². The highest BCUT2D eigenvalue weighted by Gasteiger charge is 2.07. The number of hydrogen-bond donors (Lipinski definition) is 0. The monoisotopic (exact) mass is 202 g/mol. The largest absolute Gasteiger partial charge is 0.488 e. The van der Waals surface area contributed by atoms with Crippen LogP contribution in [0.1, 0.15) is 27.2 Å². The minimum atomic E-state index is -0.650. The van der Waals surface area contributed by atoms with Gasteiger partial charge in [-0.15, -0.1) is 0 Å². The molecule has 0 amide bonds. The fraction of sp³-hybridized carbons (Fsp3) is 0.455. The summed E-state index contributed by atoms with van der Waals surface area (Å²) in [5.74, 6) is -1.58. The maximum Gasteiger partial charge on any atom is 0.190 e. The minimum Gasteiger partial charge on any atom is -0.488 e.